The molecule has 0 spiro atoms. The van der Waals surface area contributed by atoms with Crippen molar-refractivity contribution in [1.82, 2.24) is 10.6 Å². The van der Waals surface area contributed by atoms with Crippen LogP contribution in [0.4, 0.5) is 0 Å². The molecule has 2 aromatic carbocycles. The summed E-state index contributed by atoms with van der Waals surface area (Å²) >= 11 is 5.94. The fourth-order valence-electron chi connectivity index (χ4n) is 2.02. The number of carbonyl (C=O) groups is 2. The number of rotatable bonds is 5. The molecule has 0 radical (unpaired) electrons. The quantitative estimate of drug-likeness (QED) is 0.891. The molecule has 0 saturated heterocycles. The third-order valence-corrected chi connectivity index (χ3v) is 3.53. The zero-order valence-electron chi connectivity index (χ0n) is 12.2. The first-order chi connectivity index (χ1) is 10.6. The third-order valence-electron chi connectivity index (χ3n) is 3.21. The molecule has 1 atom stereocenters. The normalized spacial score (nSPS) is 11.5. The molecule has 0 bridgehead atoms. The van der Waals surface area contributed by atoms with Gasteiger partial charge in [0.1, 0.15) is 0 Å². The van der Waals surface area contributed by atoms with Crippen LogP contribution < -0.4 is 10.6 Å². The number of carbonyl (C=O) groups excluding carboxylic acids is 2. The SMILES string of the molecule is C[C@@H](NC(=O)CNC(=O)c1ccccc1Cl)c1ccccc1. The van der Waals surface area contributed by atoms with Gasteiger partial charge in [-0.1, -0.05) is 54.1 Å². The number of amides is 2. The van der Waals surface area contributed by atoms with E-state index in [1.165, 1.54) is 0 Å². The Balaban J connectivity index is 1.85. The average Bonchev–Trinajstić information content (AvgIpc) is 2.54. The first kappa shape index (κ1) is 16.0. The molecule has 2 amide bonds. The molecular formula is C17H17ClN2O2. The molecule has 0 heterocycles. The van der Waals surface area contributed by atoms with Gasteiger partial charge in [-0.15, -0.1) is 0 Å². The molecule has 0 unspecified atom stereocenters. The van der Waals surface area contributed by atoms with Crippen molar-refractivity contribution in [2.75, 3.05) is 6.54 Å². The van der Waals surface area contributed by atoms with Crippen molar-refractivity contribution in [2.45, 2.75) is 13.0 Å². The Morgan fingerprint density at radius 1 is 1.05 bits per heavy atom. The first-order valence-electron chi connectivity index (χ1n) is 6.95. The highest BCUT2D eigenvalue weighted by Crippen LogP contribution is 2.14. The molecule has 0 saturated carbocycles. The van der Waals surface area contributed by atoms with Crippen molar-refractivity contribution < 1.29 is 9.59 Å². The van der Waals surface area contributed by atoms with Gasteiger partial charge in [0.2, 0.25) is 5.91 Å². The van der Waals surface area contributed by atoms with Crippen LogP contribution in [0.25, 0.3) is 0 Å². The second-order valence-electron chi connectivity index (χ2n) is 4.86. The number of benzene rings is 2. The van der Waals surface area contributed by atoms with Crippen LogP contribution >= 0.6 is 11.6 Å². The maximum absolute atomic E-state index is 12.0. The lowest BCUT2D eigenvalue weighted by Crippen LogP contribution is -2.38. The van der Waals surface area contributed by atoms with E-state index < -0.39 is 0 Å². The predicted octanol–water partition coefficient (Wildman–Crippen LogP) is 2.95. The van der Waals surface area contributed by atoms with Crippen LogP contribution in [0.15, 0.2) is 54.6 Å². The Morgan fingerprint density at radius 3 is 2.36 bits per heavy atom. The van der Waals surface area contributed by atoms with Crippen LogP contribution in [0.1, 0.15) is 28.9 Å². The molecule has 2 N–H and O–H groups in total. The van der Waals surface area contributed by atoms with E-state index in [4.69, 9.17) is 11.6 Å². The van der Waals surface area contributed by atoms with Gasteiger partial charge in [-0.2, -0.15) is 0 Å². The van der Waals surface area contributed by atoms with E-state index in [-0.39, 0.29) is 24.4 Å². The summed E-state index contributed by atoms with van der Waals surface area (Å²) in [5.74, 6) is -0.620. The van der Waals surface area contributed by atoms with Crippen molar-refractivity contribution in [2.24, 2.45) is 0 Å². The summed E-state index contributed by atoms with van der Waals surface area (Å²) in [6.07, 6.45) is 0. The minimum Gasteiger partial charge on any atom is -0.348 e. The van der Waals surface area contributed by atoms with E-state index in [0.717, 1.165) is 5.56 Å². The maximum atomic E-state index is 12.0. The molecule has 4 nitrogen and oxygen atoms in total. The first-order valence-corrected chi connectivity index (χ1v) is 7.33. The standard InChI is InChI=1S/C17H17ClN2O2/c1-12(13-7-3-2-4-8-13)20-16(21)11-19-17(22)14-9-5-6-10-15(14)18/h2-10,12H,11H2,1H3,(H,19,22)(H,20,21)/t12-/m1/s1. The summed E-state index contributed by atoms with van der Waals surface area (Å²) in [4.78, 5) is 23.8. The molecule has 0 fully saturated rings. The highest BCUT2D eigenvalue weighted by Gasteiger charge is 2.13. The van der Waals surface area contributed by atoms with Crippen molar-refractivity contribution in [3.05, 3.63) is 70.7 Å². The Kier molecular flexibility index (Phi) is 5.55. The van der Waals surface area contributed by atoms with E-state index in [0.29, 0.717) is 10.6 Å². The molecular weight excluding hydrogens is 300 g/mol. The van der Waals surface area contributed by atoms with Crippen LogP contribution in [0, 0.1) is 0 Å². The Bertz CT molecular complexity index is 659. The fourth-order valence-corrected chi connectivity index (χ4v) is 2.24. The lowest BCUT2D eigenvalue weighted by atomic mass is 10.1. The zero-order chi connectivity index (χ0) is 15.9. The monoisotopic (exact) mass is 316 g/mol. The Labute approximate surface area is 134 Å². The zero-order valence-corrected chi connectivity index (χ0v) is 12.9. The number of nitrogens with one attached hydrogen (secondary N) is 2. The van der Waals surface area contributed by atoms with E-state index >= 15 is 0 Å². The van der Waals surface area contributed by atoms with Gasteiger partial charge < -0.3 is 10.6 Å². The molecule has 22 heavy (non-hydrogen) atoms. The van der Waals surface area contributed by atoms with Gasteiger partial charge in [0.15, 0.2) is 0 Å². The van der Waals surface area contributed by atoms with Gasteiger partial charge in [0, 0.05) is 0 Å². The molecule has 0 aliphatic rings. The lowest BCUT2D eigenvalue weighted by Gasteiger charge is -2.14. The molecule has 0 aliphatic heterocycles. The fraction of sp³-hybridized carbons (Fsp3) is 0.176. The summed E-state index contributed by atoms with van der Waals surface area (Å²) in [6.45, 7) is 1.80. The second kappa shape index (κ2) is 7.61. The van der Waals surface area contributed by atoms with E-state index in [1.807, 2.05) is 37.3 Å². The molecule has 2 rings (SSSR count). The van der Waals surface area contributed by atoms with Crippen molar-refractivity contribution in [3.8, 4) is 0 Å². The molecule has 0 aromatic heterocycles. The van der Waals surface area contributed by atoms with Crippen molar-refractivity contribution in [3.63, 3.8) is 0 Å². The van der Waals surface area contributed by atoms with E-state index in [1.54, 1.807) is 24.3 Å². The van der Waals surface area contributed by atoms with E-state index in [2.05, 4.69) is 10.6 Å². The molecule has 2 aromatic rings. The largest absolute Gasteiger partial charge is 0.348 e. The maximum Gasteiger partial charge on any atom is 0.253 e. The van der Waals surface area contributed by atoms with Gasteiger partial charge in [0.25, 0.3) is 5.91 Å². The number of halogens is 1. The van der Waals surface area contributed by atoms with Crippen LogP contribution in [0.5, 0.6) is 0 Å². The number of hydrogen-bond donors (Lipinski definition) is 2. The molecule has 114 valence electrons. The minimum absolute atomic E-state index is 0.0960. The van der Waals surface area contributed by atoms with Gasteiger partial charge in [-0.25, -0.2) is 0 Å². The van der Waals surface area contributed by atoms with Crippen molar-refractivity contribution >= 4 is 23.4 Å². The average molecular weight is 317 g/mol. The summed E-state index contributed by atoms with van der Waals surface area (Å²) in [7, 11) is 0. The van der Waals surface area contributed by atoms with Gasteiger partial charge in [0.05, 0.1) is 23.2 Å². The third kappa shape index (κ3) is 4.33. The second-order valence-corrected chi connectivity index (χ2v) is 5.27. The minimum atomic E-state index is -0.367. The highest BCUT2D eigenvalue weighted by molar-refractivity contribution is 6.33. The van der Waals surface area contributed by atoms with Crippen molar-refractivity contribution in [1.29, 1.82) is 0 Å². The van der Waals surface area contributed by atoms with E-state index in [9.17, 15) is 9.59 Å². The van der Waals surface area contributed by atoms with Crippen LogP contribution in [0.3, 0.4) is 0 Å². The predicted molar refractivity (Wildman–Crippen MR) is 86.8 cm³/mol. The summed E-state index contributed by atoms with van der Waals surface area (Å²) in [5.41, 5.74) is 1.36. The summed E-state index contributed by atoms with van der Waals surface area (Å²) < 4.78 is 0. The topological polar surface area (TPSA) is 58.2 Å². The van der Waals surface area contributed by atoms with Gasteiger partial charge >= 0.3 is 0 Å². The Hall–Kier alpha value is -2.33. The summed E-state index contributed by atoms with van der Waals surface area (Å²) in [6, 6.07) is 16.2. The Morgan fingerprint density at radius 2 is 1.68 bits per heavy atom. The van der Waals surface area contributed by atoms with Crippen LogP contribution in [-0.4, -0.2) is 18.4 Å². The van der Waals surface area contributed by atoms with Crippen LogP contribution in [-0.2, 0) is 4.79 Å². The molecule has 0 aliphatic carbocycles. The molecule has 5 heteroatoms. The number of hydrogen-bond acceptors (Lipinski definition) is 2. The van der Waals surface area contributed by atoms with Crippen LogP contribution in [0.2, 0.25) is 5.02 Å². The highest BCUT2D eigenvalue weighted by atomic mass is 35.5. The smallest absolute Gasteiger partial charge is 0.253 e. The summed E-state index contributed by atoms with van der Waals surface area (Å²) in [5, 5.41) is 5.75. The van der Waals surface area contributed by atoms with Gasteiger partial charge in [-0.3, -0.25) is 9.59 Å². The van der Waals surface area contributed by atoms with Gasteiger partial charge in [-0.05, 0) is 24.6 Å². The lowest BCUT2D eigenvalue weighted by molar-refractivity contribution is -0.120.